The topological polar surface area (TPSA) is 38.5 Å². The molecule has 0 radical (unpaired) electrons. The minimum absolute atomic E-state index is 0.0347. The molecule has 0 aromatic heterocycles. The Hall–Kier alpha value is -0.970. The molecule has 1 aromatic rings. The van der Waals surface area contributed by atoms with Gasteiger partial charge in [0.05, 0.1) is 6.10 Å². The van der Waals surface area contributed by atoms with Crippen LogP contribution in [0.15, 0.2) is 24.3 Å². The van der Waals surface area contributed by atoms with Gasteiger partial charge in [0.1, 0.15) is 5.82 Å². The van der Waals surface area contributed by atoms with Gasteiger partial charge >= 0.3 is 0 Å². The number of hydrogen-bond acceptors (Lipinski definition) is 3. The first-order valence-corrected chi connectivity index (χ1v) is 6.96. The Morgan fingerprint density at radius 3 is 2.79 bits per heavy atom. The summed E-state index contributed by atoms with van der Waals surface area (Å²) in [5.41, 5.74) is 7.11. The van der Waals surface area contributed by atoms with E-state index in [2.05, 4.69) is 11.9 Å². The van der Waals surface area contributed by atoms with Crippen LogP contribution in [-0.4, -0.2) is 37.7 Å². The summed E-state index contributed by atoms with van der Waals surface area (Å²) in [4.78, 5) is 2.26. The Labute approximate surface area is 114 Å². The smallest absolute Gasteiger partial charge is 0.123 e. The van der Waals surface area contributed by atoms with Gasteiger partial charge in [0.2, 0.25) is 0 Å². The van der Waals surface area contributed by atoms with E-state index in [-0.39, 0.29) is 11.9 Å². The van der Waals surface area contributed by atoms with Crippen LogP contribution in [0.2, 0.25) is 0 Å². The summed E-state index contributed by atoms with van der Waals surface area (Å²) in [5.74, 6) is -0.216. The first-order chi connectivity index (χ1) is 9.15. The van der Waals surface area contributed by atoms with Crippen LogP contribution in [-0.2, 0) is 4.74 Å². The average molecular weight is 266 g/mol. The molecule has 3 nitrogen and oxygen atoms in total. The minimum atomic E-state index is -0.216. The van der Waals surface area contributed by atoms with Gasteiger partial charge in [-0.05, 0) is 50.6 Å². The highest BCUT2D eigenvalue weighted by atomic mass is 19.1. The van der Waals surface area contributed by atoms with Crippen LogP contribution < -0.4 is 5.73 Å². The van der Waals surface area contributed by atoms with Crippen LogP contribution in [0, 0.1) is 5.82 Å². The Balaban J connectivity index is 1.73. The summed E-state index contributed by atoms with van der Waals surface area (Å²) in [6.45, 7) is 2.79. The van der Waals surface area contributed by atoms with Gasteiger partial charge in [-0.25, -0.2) is 4.39 Å². The van der Waals surface area contributed by atoms with Crippen molar-refractivity contribution in [3.8, 4) is 0 Å². The molecule has 2 unspecified atom stereocenters. The predicted molar refractivity (Wildman–Crippen MR) is 74.4 cm³/mol. The lowest BCUT2D eigenvalue weighted by atomic mass is 10.0. The van der Waals surface area contributed by atoms with Gasteiger partial charge in [-0.2, -0.15) is 0 Å². The maximum atomic E-state index is 12.8. The molecular weight excluding hydrogens is 243 g/mol. The predicted octanol–water partition coefficient (Wildman–Crippen LogP) is 2.33. The normalized spacial score (nSPS) is 20.9. The van der Waals surface area contributed by atoms with Gasteiger partial charge in [-0.15, -0.1) is 0 Å². The third-order valence-electron chi connectivity index (χ3n) is 3.66. The van der Waals surface area contributed by atoms with Crippen LogP contribution in [0.4, 0.5) is 4.39 Å². The van der Waals surface area contributed by atoms with Crippen molar-refractivity contribution in [2.45, 2.75) is 31.4 Å². The summed E-state index contributed by atoms with van der Waals surface area (Å²) in [7, 11) is 2.10. The molecule has 1 aliphatic heterocycles. The minimum Gasteiger partial charge on any atom is -0.377 e. The van der Waals surface area contributed by atoms with Crippen molar-refractivity contribution in [1.29, 1.82) is 0 Å². The third kappa shape index (κ3) is 4.56. The number of hydrogen-bond donors (Lipinski definition) is 1. The van der Waals surface area contributed by atoms with Crippen molar-refractivity contribution in [2.24, 2.45) is 5.73 Å². The van der Waals surface area contributed by atoms with Gasteiger partial charge in [0.15, 0.2) is 0 Å². The number of rotatable bonds is 6. The lowest BCUT2D eigenvalue weighted by molar-refractivity contribution is 0.0804. The van der Waals surface area contributed by atoms with E-state index in [4.69, 9.17) is 10.5 Å². The first kappa shape index (κ1) is 14.4. The molecule has 1 fully saturated rings. The van der Waals surface area contributed by atoms with E-state index in [1.165, 1.54) is 18.6 Å². The average Bonchev–Trinajstić information content (AvgIpc) is 2.89. The summed E-state index contributed by atoms with van der Waals surface area (Å²) in [5, 5.41) is 0. The molecule has 0 amide bonds. The monoisotopic (exact) mass is 266 g/mol. The molecule has 1 saturated heterocycles. The molecule has 2 atom stereocenters. The van der Waals surface area contributed by atoms with Crippen molar-refractivity contribution in [1.82, 2.24) is 4.90 Å². The fraction of sp³-hybridized carbons (Fsp3) is 0.600. The van der Waals surface area contributed by atoms with Crippen molar-refractivity contribution in [2.75, 3.05) is 26.7 Å². The van der Waals surface area contributed by atoms with Gasteiger partial charge < -0.3 is 15.4 Å². The quantitative estimate of drug-likeness (QED) is 0.859. The van der Waals surface area contributed by atoms with Crippen LogP contribution in [0.25, 0.3) is 0 Å². The van der Waals surface area contributed by atoms with Crippen molar-refractivity contribution < 1.29 is 9.13 Å². The first-order valence-electron chi connectivity index (χ1n) is 6.96. The Bertz CT molecular complexity index is 376. The second-order valence-corrected chi connectivity index (χ2v) is 5.34. The molecule has 2 rings (SSSR count). The maximum absolute atomic E-state index is 12.8. The highest BCUT2D eigenvalue weighted by Gasteiger charge is 2.17. The lowest BCUT2D eigenvalue weighted by Gasteiger charge is -2.22. The van der Waals surface area contributed by atoms with E-state index < -0.39 is 0 Å². The van der Waals surface area contributed by atoms with Crippen LogP contribution in [0.1, 0.15) is 30.9 Å². The number of benzene rings is 1. The van der Waals surface area contributed by atoms with Gasteiger partial charge in [0.25, 0.3) is 0 Å². The van der Waals surface area contributed by atoms with E-state index >= 15 is 0 Å². The Kier molecular flexibility index (Phi) is 5.31. The summed E-state index contributed by atoms with van der Waals surface area (Å²) < 4.78 is 18.4. The molecular formula is C15H23FN2O. The van der Waals surface area contributed by atoms with E-state index in [0.29, 0.717) is 6.10 Å². The molecule has 4 heteroatoms. The second-order valence-electron chi connectivity index (χ2n) is 5.34. The van der Waals surface area contributed by atoms with Crippen LogP contribution in [0.3, 0.4) is 0 Å². The number of nitrogens with zero attached hydrogens (tertiary/aromatic N) is 1. The van der Waals surface area contributed by atoms with E-state index in [1.54, 1.807) is 12.1 Å². The van der Waals surface area contributed by atoms with E-state index in [1.807, 2.05) is 0 Å². The summed E-state index contributed by atoms with van der Waals surface area (Å²) >= 11 is 0. The molecule has 1 aromatic carbocycles. The summed E-state index contributed by atoms with van der Waals surface area (Å²) in [6.07, 6.45) is 3.59. The molecule has 106 valence electrons. The lowest BCUT2D eigenvalue weighted by Crippen LogP contribution is -2.31. The van der Waals surface area contributed by atoms with Gasteiger partial charge in [-0.1, -0.05) is 12.1 Å². The Morgan fingerprint density at radius 2 is 2.16 bits per heavy atom. The van der Waals surface area contributed by atoms with Crippen LogP contribution in [0.5, 0.6) is 0 Å². The molecule has 0 aliphatic carbocycles. The molecule has 1 heterocycles. The molecule has 2 N–H and O–H groups in total. The number of ether oxygens (including phenoxy) is 1. The number of halogens is 1. The van der Waals surface area contributed by atoms with Gasteiger partial charge in [-0.3, -0.25) is 0 Å². The maximum Gasteiger partial charge on any atom is 0.123 e. The highest BCUT2D eigenvalue weighted by molar-refractivity contribution is 5.19. The SMILES string of the molecule is CN(CCC(N)c1ccc(F)cc1)CC1CCCO1. The largest absolute Gasteiger partial charge is 0.377 e. The van der Waals surface area contributed by atoms with Gasteiger partial charge in [0, 0.05) is 19.2 Å². The van der Waals surface area contributed by atoms with Crippen molar-refractivity contribution in [3.05, 3.63) is 35.6 Å². The van der Waals surface area contributed by atoms with Crippen molar-refractivity contribution >= 4 is 0 Å². The fourth-order valence-electron chi connectivity index (χ4n) is 2.46. The highest BCUT2D eigenvalue weighted by Crippen LogP contribution is 2.16. The standard InChI is InChI=1S/C15H23FN2O/c1-18(11-14-3-2-10-19-14)9-8-15(17)12-4-6-13(16)7-5-12/h4-7,14-15H,2-3,8-11,17H2,1H3. The zero-order chi connectivity index (χ0) is 13.7. The molecule has 19 heavy (non-hydrogen) atoms. The fourth-order valence-corrected chi connectivity index (χ4v) is 2.46. The second kappa shape index (κ2) is 6.98. The zero-order valence-corrected chi connectivity index (χ0v) is 11.5. The third-order valence-corrected chi connectivity index (χ3v) is 3.66. The summed E-state index contributed by atoms with van der Waals surface area (Å²) in [6, 6.07) is 6.42. The van der Waals surface area contributed by atoms with Crippen molar-refractivity contribution in [3.63, 3.8) is 0 Å². The molecule has 0 spiro atoms. The van der Waals surface area contributed by atoms with E-state index in [0.717, 1.165) is 38.1 Å². The van der Waals surface area contributed by atoms with E-state index in [9.17, 15) is 4.39 Å². The number of likely N-dealkylation sites (N-methyl/N-ethyl adjacent to an activating group) is 1. The molecule has 0 bridgehead atoms. The number of nitrogens with two attached hydrogens (primary N) is 1. The van der Waals surface area contributed by atoms with Crippen LogP contribution >= 0.6 is 0 Å². The molecule has 1 aliphatic rings. The zero-order valence-electron chi connectivity index (χ0n) is 11.5. The molecule has 0 saturated carbocycles. The Morgan fingerprint density at radius 1 is 1.42 bits per heavy atom.